The van der Waals surface area contributed by atoms with Crippen molar-refractivity contribution in [3.63, 3.8) is 0 Å². The van der Waals surface area contributed by atoms with Gasteiger partial charge >= 0.3 is 0 Å². The SMILES string of the molecule is Cc1ccc(C)c(/C(O)=C2\C(=O)C(=O)N(CCN(C)C)C2c2sccc2C)c1. The van der Waals surface area contributed by atoms with Gasteiger partial charge in [0.15, 0.2) is 0 Å². The maximum Gasteiger partial charge on any atom is 0.295 e. The topological polar surface area (TPSA) is 60.9 Å². The zero-order valence-corrected chi connectivity index (χ0v) is 17.8. The Kier molecular flexibility index (Phi) is 5.72. The lowest BCUT2D eigenvalue weighted by Crippen LogP contribution is -2.35. The smallest absolute Gasteiger partial charge is 0.295 e. The van der Waals surface area contributed by atoms with E-state index >= 15 is 0 Å². The van der Waals surface area contributed by atoms with Gasteiger partial charge in [0.05, 0.1) is 11.6 Å². The summed E-state index contributed by atoms with van der Waals surface area (Å²) in [6.07, 6.45) is 0. The molecule has 0 radical (unpaired) electrons. The summed E-state index contributed by atoms with van der Waals surface area (Å²) in [5.41, 5.74) is 3.65. The van der Waals surface area contributed by atoms with Crippen molar-refractivity contribution in [2.45, 2.75) is 26.8 Å². The maximum atomic E-state index is 13.0. The molecule has 1 aromatic carbocycles. The van der Waals surface area contributed by atoms with Gasteiger partial charge in [-0.15, -0.1) is 11.3 Å². The number of hydrogen-bond donors (Lipinski definition) is 1. The second kappa shape index (κ2) is 7.89. The average molecular weight is 399 g/mol. The van der Waals surface area contributed by atoms with E-state index in [-0.39, 0.29) is 11.3 Å². The predicted molar refractivity (Wildman–Crippen MR) is 113 cm³/mol. The van der Waals surface area contributed by atoms with Crippen LogP contribution in [0.25, 0.3) is 5.76 Å². The Morgan fingerprint density at radius 1 is 1.14 bits per heavy atom. The van der Waals surface area contributed by atoms with E-state index in [0.717, 1.165) is 21.6 Å². The summed E-state index contributed by atoms with van der Waals surface area (Å²) < 4.78 is 0. The van der Waals surface area contributed by atoms with Crippen molar-refractivity contribution in [3.05, 3.63) is 62.3 Å². The number of nitrogens with zero attached hydrogens (tertiary/aromatic N) is 2. The number of thiophene rings is 1. The molecule has 1 saturated heterocycles. The fourth-order valence-electron chi connectivity index (χ4n) is 3.49. The molecule has 1 aliphatic heterocycles. The summed E-state index contributed by atoms with van der Waals surface area (Å²) in [4.78, 5) is 30.3. The van der Waals surface area contributed by atoms with Crippen LogP contribution in [0.1, 0.15) is 33.2 Å². The maximum absolute atomic E-state index is 13.0. The lowest BCUT2D eigenvalue weighted by atomic mass is 9.95. The molecule has 0 spiro atoms. The van der Waals surface area contributed by atoms with E-state index in [1.165, 1.54) is 11.3 Å². The third-order valence-electron chi connectivity index (χ3n) is 5.13. The van der Waals surface area contributed by atoms with Gasteiger partial charge in [-0.3, -0.25) is 9.59 Å². The minimum absolute atomic E-state index is 0.0929. The molecule has 2 heterocycles. The van der Waals surface area contributed by atoms with Gasteiger partial charge < -0.3 is 14.9 Å². The molecular formula is C22H26N2O3S. The zero-order chi connectivity index (χ0) is 20.6. The molecule has 1 amide bonds. The van der Waals surface area contributed by atoms with E-state index in [0.29, 0.717) is 18.7 Å². The second-order valence-corrected chi connectivity index (χ2v) is 8.53. The van der Waals surface area contributed by atoms with Crippen LogP contribution >= 0.6 is 11.3 Å². The fraction of sp³-hybridized carbons (Fsp3) is 0.364. The van der Waals surface area contributed by atoms with E-state index in [2.05, 4.69) is 0 Å². The summed E-state index contributed by atoms with van der Waals surface area (Å²) in [6.45, 7) is 6.85. The Bertz CT molecular complexity index is 958. The molecule has 1 atom stereocenters. The van der Waals surface area contributed by atoms with Crippen LogP contribution < -0.4 is 0 Å². The Balaban J connectivity index is 2.19. The number of Topliss-reactive ketones (excluding diaryl/α,β-unsaturated/α-hetero) is 1. The number of likely N-dealkylation sites (tertiary alicyclic amines) is 1. The average Bonchev–Trinajstić information content (AvgIpc) is 3.16. The molecule has 28 heavy (non-hydrogen) atoms. The lowest BCUT2D eigenvalue weighted by Gasteiger charge is -2.26. The summed E-state index contributed by atoms with van der Waals surface area (Å²) in [7, 11) is 3.86. The van der Waals surface area contributed by atoms with E-state index in [1.54, 1.807) is 4.90 Å². The number of amides is 1. The Labute approximate surface area is 169 Å². The number of aliphatic hydroxyl groups is 1. The van der Waals surface area contributed by atoms with Crippen LogP contribution in [0.4, 0.5) is 0 Å². The number of likely N-dealkylation sites (N-methyl/N-ethyl adjacent to an activating group) is 1. The Morgan fingerprint density at radius 2 is 1.86 bits per heavy atom. The highest BCUT2D eigenvalue weighted by Gasteiger charge is 2.46. The van der Waals surface area contributed by atoms with E-state index in [1.807, 2.05) is 69.4 Å². The number of benzene rings is 1. The zero-order valence-electron chi connectivity index (χ0n) is 16.9. The van der Waals surface area contributed by atoms with Gasteiger partial charge in [0.1, 0.15) is 5.76 Å². The highest BCUT2D eigenvalue weighted by molar-refractivity contribution is 7.10. The van der Waals surface area contributed by atoms with Gasteiger partial charge in [-0.2, -0.15) is 0 Å². The number of ketones is 1. The van der Waals surface area contributed by atoms with Gasteiger partial charge in [-0.1, -0.05) is 17.7 Å². The van der Waals surface area contributed by atoms with Crippen molar-refractivity contribution in [3.8, 4) is 0 Å². The molecule has 0 saturated carbocycles. The first-order valence-corrected chi connectivity index (χ1v) is 10.1. The van der Waals surface area contributed by atoms with Gasteiger partial charge in [0, 0.05) is 23.5 Å². The number of aliphatic hydroxyl groups excluding tert-OH is 1. The Hall–Kier alpha value is -2.44. The Morgan fingerprint density at radius 3 is 2.46 bits per heavy atom. The monoisotopic (exact) mass is 398 g/mol. The van der Waals surface area contributed by atoms with Crippen LogP contribution in [-0.4, -0.2) is 53.8 Å². The fourth-order valence-corrected chi connectivity index (χ4v) is 4.54. The molecule has 2 aromatic rings. The summed E-state index contributed by atoms with van der Waals surface area (Å²) >= 11 is 1.51. The quantitative estimate of drug-likeness (QED) is 0.474. The van der Waals surface area contributed by atoms with Crippen molar-refractivity contribution in [2.75, 3.05) is 27.2 Å². The van der Waals surface area contributed by atoms with Crippen molar-refractivity contribution in [1.82, 2.24) is 9.80 Å². The van der Waals surface area contributed by atoms with Gasteiger partial charge in [-0.05, 0) is 63.5 Å². The minimum Gasteiger partial charge on any atom is -0.507 e. The number of aryl methyl sites for hydroxylation is 3. The van der Waals surface area contributed by atoms with Crippen LogP contribution in [0.5, 0.6) is 0 Å². The minimum atomic E-state index is -0.616. The molecule has 148 valence electrons. The largest absolute Gasteiger partial charge is 0.507 e. The molecule has 1 aromatic heterocycles. The third-order valence-corrected chi connectivity index (χ3v) is 6.20. The van der Waals surface area contributed by atoms with Gasteiger partial charge in [0.25, 0.3) is 11.7 Å². The first-order valence-electron chi connectivity index (χ1n) is 9.27. The van der Waals surface area contributed by atoms with E-state index in [4.69, 9.17) is 0 Å². The van der Waals surface area contributed by atoms with Crippen LogP contribution in [0.15, 0.2) is 35.2 Å². The summed E-state index contributed by atoms with van der Waals surface area (Å²) in [5.74, 6) is -1.26. The molecule has 0 bridgehead atoms. The van der Waals surface area contributed by atoms with Gasteiger partial charge in [0.2, 0.25) is 0 Å². The number of carbonyl (C=O) groups excluding carboxylic acids is 2. The molecule has 1 fully saturated rings. The van der Waals surface area contributed by atoms with Crippen molar-refractivity contribution in [1.29, 1.82) is 0 Å². The first kappa shape index (κ1) is 20.3. The van der Waals surface area contributed by atoms with Gasteiger partial charge in [-0.25, -0.2) is 0 Å². The third kappa shape index (κ3) is 3.62. The predicted octanol–water partition coefficient (Wildman–Crippen LogP) is 3.66. The molecule has 1 unspecified atom stereocenters. The van der Waals surface area contributed by atoms with Crippen molar-refractivity contribution in [2.24, 2.45) is 0 Å². The standard InChI is InChI=1S/C22H26N2O3S/c1-13-6-7-14(2)16(12-13)19(25)17-18(21-15(3)8-11-28-21)24(10-9-23(4)5)22(27)20(17)26/h6-8,11-12,18,25H,9-10H2,1-5H3/b19-17+. The van der Waals surface area contributed by atoms with Crippen LogP contribution in [0, 0.1) is 20.8 Å². The van der Waals surface area contributed by atoms with E-state index < -0.39 is 17.7 Å². The summed E-state index contributed by atoms with van der Waals surface area (Å²) in [6, 6.07) is 7.15. The van der Waals surface area contributed by atoms with Crippen molar-refractivity contribution >= 4 is 28.8 Å². The van der Waals surface area contributed by atoms with E-state index in [9.17, 15) is 14.7 Å². The molecule has 3 rings (SSSR count). The normalized spacial score (nSPS) is 19.1. The molecule has 0 aliphatic carbocycles. The second-order valence-electron chi connectivity index (χ2n) is 7.58. The molecule has 1 aliphatic rings. The number of rotatable bonds is 5. The molecule has 5 nitrogen and oxygen atoms in total. The summed E-state index contributed by atoms with van der Waals surface area (Å²) in [5, 5.41) is 13.1. The molecule has 6 heteroatoms. The van der Waals surface area contributed by atoms with Crippen LogP contribution in [0.2, 0.25) is 0 Å². The molecule has 1 N–H and O–H groups in total. The number of hydrogen-bond acceptors (Lipinski definition) is 5. The lowest BCUT2D eigenvalue weighted by molar-refractivity contribution is -0.140. The highest BCUT2D eigenvalue weighted by atomic mass is 32.1. The van der Waals surface area contributed by atoms with Crippen molar-refractivity contribution < 1.29 is 14.7 Å². The number of carbonyl (C=O) groups is 2. The van der Waals surface area contributed by atoms with Crippen LogP contribution in [-0.2, 0) is 9.59 Å². The van der Waals surface area contributed by atoms with Crippen LogP contribution in [0.3, 0.4) is 0 Å². The first-order chi connectivity index (χ1) is 13.2. The molecular weight excluding hydrogens is 372 g/mol. The highest BCUT2D eigenvalue weighted by Crippen LogP contribution is 2.42.